The Morgan fingerprint density at radius 2 is 1.90 bits per heavy atom. The van der Waals surface area contributed by atoms with Crippen LogP contribution in [-0.4, -0.2) is 57.4 Å². The summed E-state index contributed by atoms with van der Waals surface area (Å²) in [4.78, 5) is 46.5. The number of aryl methyl sites for hydroxylation is 1. The molecule has 2 heterocycles. The van der Waals surface area contributed by atoms with Crippen LogP contribution in [0.25, 0.3) is 10.4 Å². The molecule has 8 nitrogen and oxygen atoms in total. The molecule has 2 aromatic rings. The number of rotatable bonds is 10. The topological polar surface area (TPSA) is 112 Å². The molecule has 1 aliphatic heterocycles. The molecule has 210 valence electrons. The van der Waals surface area contributed by atoms with Crippen molar-refractivity contribution in [3.8, 4) is 22.8 Å². The number of thiazole rings is 1. The maximum atomic E-state index is 13.7. The number of unbranched alkanes of at least 4 members (excludes halogenated alkanes) is 2. The first kappa shape index (κ1) is 30.3. The third-order valence-corrected chi connectivity index (χ3v) is 8.01. The number of carbonyl (C=O) groups excluding carboxylic acids is 3. The van der Waals surface area contributed by atoms with Crippen LogP contribution in [0.3, 0.4) is 0 Å². The van der Waals surface area contributed by atoms with E-state index in [9.17, 15) is 19.5 Å². The Labute approximate surface area is 235 Å². The third kappa shape index (κ3) is 7.90. The number of nitrogens with one attached hydrogen (secondary N) is 2. The van der Waals surface area contributed by atoms with Crippen LogP contribution in [-0.2, 0) is 14.4 Å². The number of carbonyl (C=O) groups is 3. The molecule has 3 N–H and O–H groups in total. The fraction of sp³-hybridized carbons (Fsp3) is 0.533. The Kier molecular flexibility index (Phi) is 10.3. The van der Waals surface area contributed by atoms with Crippen LogP contribution in [0, 0.1) is 24.7 Å². The summed E-state index contributed by atoms with van der Waals surface area (Å²) in [6.07, 6.45) is 6.85. The van der Waals surface area contributed by atoms with Gasteiger partial charge in [0, 0.05) is 25.8 Å². The number of amides is 3. The Morgan fingerprint density at radius 1 is 1.21 bits per heavy atom. The number of nitrogens with zero attached hydrogens (tertiary/aromatic N) is 2. The van der Waals surface area contributed by atoms with Crippen LogP contribution < -0.4 is 10.6 Å². The molecule has 3 rings (SSSR count). The number of aromatic nitrogens is 1. The molecule has 2 unspecified atom stereocenters. The van der Waals surface area contributed by atoms with Crippen molar-refractivity contribution in [2.24, 2.45) is 5.41 Å². The molecule has 1 aromatic carbocycles. The minimum absolute atomic E-state index is 0.0405. The summed E-state index contributed by atoms with van der Waals surface area (Å²) >= 11 is 1.59. The lowest BCUT2D eigenvalue weighted by molar-refractivity contribution is -0.144. The van der Waals surface area contributed by atoms with Crippen molar-refractivity contribution >= 4 is 29.1 Å². The molecule has 39 heavy (non-hydrogen) atoms. The number of β-amino-alcohol motifs (C(OH)–C–C–N with tert-alkyl or cyclic N) is 1. The number of aliphatic hydroxyl groups excluding tert-OH is 1. The van der Waals surface area contributed by atoms with Crippen molar-refractivity contribution in [1.29, 1.82) is 0 Å². The first-order chi connectivity index (χ1) is 18.4. The molecule has 0 bridgehead atoms. The zero-order chi connectivity index (χ0) is 28.7. The zero-order valence-corrected chi connectivity index (χ0v) is 24.3. The van der Waals surface area contributed by atoms with Crippen molar-refractivity contribution < 1.29 is 19.5 Å². The molecule has 0 radical (unpaired) electrons. The highest BCUT2D eigenvalue weighted by molar-refractivity contribution is 7.13. The second kappa shape index (κ2) is 13.2. The summed E-state index contributed by atoms with van der Waals surface area (Å²) < 4.78 is 0. The van der Waals surface area contributed by atoms with Gasteiger partial charge in [-0.2, -0.15) is 0 Å². The summed E-state index contributed by atoms with van der Waals surface area (Å²) in [5, 5.41) is 16.3. The third-order valence-electron chi connectivity index (χ3n) is 7.04. The van der Waals surface area contributed by atoms with Gasteiger partial charge in [-0.15, -0.1) is 23.7 Å². The van der Waals surface area contributed by atoms with Crippen molar-refractivity contribution in [2.75, 3.05) is 6.54 Å². The highest BCUT2D eigenvalue weighted by Gasteiger charge is 2.44. The van der Waals surface area contributed by atoms with Gasteiger partial charge in [-0.3, -0.25) is 14.4 Å². The molecule has 3 amide bonds. The van der Waals surface area contributed by atoms with Crippen molar-refractivity contribution in [2.45, 2.75) is 91.0 Å². The maximum absolute atomic E-state index is 13.7. The Hall–Kier alpha value is -3.22. The minimum Gasteiger partial charge on any atom is -0.391 e. The minimum atomic E-state index is -0.835. The van der Waals surface area contributed by atoms with E-state index in [0.717, 1.165) is 28.1 Å². The van der Waals surface area contributed by atoms with Gasteiger partial charge < -0.3 is 20.6 Å². The predicted octanol–water partition coefficient (Wildman–Crippen LogP) is 3.98. The number of benzene rings is 1. The second-order valence-corrected chi connectivity index (χ2v) is 12.1. The Balaban J connectivity index is 1.68. The summed E-state index contributed by atoms with van der Waals surface area (Å²) in [5.74, 6) is 1.63. The van der Waals surface area contributed by atoms with Crippen LogP contribution >= 0.6 is 11.3 Å². The van der Waals surface area contributed by atoms with Crippen LogP contribution in [0.2, 0.25) is 0 Å². The highest BCUT2D eigenvalue weighted by atomic mass is 32.1. The van der Waals surface area contributed by atoms with E-state index in [1.165, 1.54) is 4.90 Å². The van der Waals surface area contributed by atoms with E-state index in [4.69, 9.17) is 6.42 Å². The van der Waals surface area contributed by atoms with Gasteiger partial charge in [0.2, 0.25) is 17.7 Å². The van der Waals surface area contributed by atoms with Gasteiger partial charge in [0.1, 0.15) is 12.1 Å². The number of aliphatic hydroxyl groups is 1. The SMILES string of the molecule is C#CCCCCC(=O)NC(C(=O)N1C[C@H](O)C[C@H]1C(=O)NC(C)c1ccc(-c2scnc2C)cc1)C(C)(C)C. The summed E-state index contributed by atoms with van der Waals surface area (Å²) in [6.45, 7) is 9.52. The van der Waals surface area contributed by atoms with E-state index in [0.29, 0.717) is 12.8 Å². The monoisotopic (exact) mass is 552 g/mol. The predicted molar refractivity (Wildman–Crippen MR) is 154 cm³/mol. The standard InChI is InChI=1S/C30H40N4O4S/c1-7-8-9-10-11-25(36)33-27(30(4,5)6)29(38)34-17-23(35)16-24(34)28(37)32-19(2)21-12-14-22(15-13-21)26-20(3)31-18-39-26/h1,12-15,18-19,23-24,27,35H,8-11,16-17H2,2-6H3,(H,32,37)(H,33,36)/t19?,23-,24+,27?/m1/s1. The fourth-order valence-electron chi connectivity index (χ4n) is 4.76. The van der Waals surface area contributed by atoms with Crippen molar-refractivity contribution in [1.82, 2.24) is 20.5 Å². The van der Waals surface area contributed by atoms with E-state index in [-0.39, 0.29) is 43.1 Å². The average Bonchev–Trinajstić information content (AvgIpc) is 3.49. The summed E-state index contributed by atoms with van der Waals surface area (Å²) in [5.41, 5.74) is 4.20. The fourth-order valence-corrected chi connectivity index (χ4v) is 5.57. The van der Waals surface area contributed by atoms with Crippen LogP contribution in [0.1, 0.15) is 77.1 Å². The largest absolute Gasteiger partial charge is 0.391 e. The number of likely N-dealkylation sites (tertiary alicyclic amines) is 1. The number of hydrogen-bond donors (Lipinski definition) is 3. The van der Waals surface area contributed by atoms with Crippen molar-refractivity contribution in [3.05, 3.63) is 41.0 Å². The molecular weight excluding hydrogens is 512 g/mol. The zero-order valence-electron chi connectivity index (χ0n) is 23.5. The lowest BCUT2D eigenvalue weighted by Crippen LogP contribution is -2.57. The van der Waals surface area contributed by atoms with Gasteiger partial charge in [-0.05, 0) is 43.2 Å². The van der Waals surface area contributed by atoms with Crippen LogP contribution in [0.15, 0.2) is 29.8 Å². The van der Waals surface area contributed by atoms with Gasteiger partial charge in [0.15, 0.2) is 0 Å². The van der Waals surface area contributed by atoms with E-state index in [2.05, 4.69) is 21.5 Å². The molecule has 0 aliphatic carbocycles. The van der Waals surface area contributed by atoms with Crippen molar-refractivity contribution in [3.63, 3.8) is 0 Å². The van der Waals surface area contributed by atoms with Gasteiger partial charge in [0.25, 0.3) is 0 Å². The normalized spacial score (nSPS) is 18.7. The summed E-state index contributed by atoms with van der Waals surface area (Å²) in [7, 11) is 0. The lowest BCUT2D eigenvalue weighted by atomic mass is 9.85. The molecule has 1 fully saturated rings. The van der Waals surface area contributed by atoms with E-state index < -0.39 is 23.6 Å². The molecule has 1 aromatic heterocycles. The van der Waals surface area contributed by atoms with Gasteiger partial charge in [-0.1, -0.05) is 45.0 Å². The number of terminal acetylenes is 1. The van der Waals surface area contributed by atoms with Gasteiger partial charge in [-0.25, -0.2) is 4.98 Å². The van der Waals surface area contributed by atoms with Crippen LogP contribution in [0.5, 0.6) is 0 Å². The molecule has 0 spiro atoms. The maximum Gasteiger partial charge on any atom is 0.246 e. The van der Waals surface area contributed by atoms with E-state index >= 15 is 0 Å². The average molecular weight is 553 g/mol. The second-order valence-electron chi connectivity index (χ2n) is 11.3. The summed E-state index contributed by atoms with van der Waals surface area (Å²) in [6, 6.07) is 6.00. The van der Waals surface area contributed by atoms with Gasteiger partial charge >= 0.3 is 0 Å². The van der Waals surface area contributed by atoms with E-state index in [1.807, 2.05) is 64.4 Å². The molecule has 0 saturated carbocycles. The molecule has 1 saturated heterocycles. The van der Waals surface area contributed by atoms with E-state index in [1.54, 1.807) is 11.3 Å². The Morgan fingerprint density at radius 3 is 2.49 bits per heavy atom. The smallest absolute Gasteiger partial charge is 0.246 e. The quantitative estimate of drug-likeness (QED) is 0.305. The highest BCUT2D eigenvalue weighted by Crippen LogP contribution is 2.29. The molecule has 9 heteroatoms. The first-order valence-electron chi connectivity index (χ1n) is 13.4. The lowest BCUT2D eigenvalue weighted by Gasteiger charge is -2.35. The molecule has 1 aliphatic rings. The first-order valence-corrected chi connectivity index (χ1v) is 14.3. The van der Waals surface area contributed by atoms with Gasteiger partial charge in [0.05, 0.1) is 28.2 Å². The van der Waals surface area contributed by atoms with Crippen LogP contribution in [0.4, 0.5) is 0 Å². The Bertz CT molecular complexity index is 1190. The number of hydrogen-bond acceptors (Lipinski definition) is 6. The molecule has 4 atom stereocenters. The molecular formula is C30H40N4O4S.